The van der Waals surface area contributed by atoms with Gasteiger partial charge in [-0.3, -0.25) is 14.2 Å². The molecule has 0 radical (unpaired) electrons. The zero-order valence-electron chi connectivity index (χ0n) is 16.6. The highest BCUT2D eigenvalue weighted by Crippen LogP contribution is 2.20. The first-order chi connectivity index (χ1) is 14.5. The third kappa shape index (κ3) is 4.16. The number of amides is 1. The average Bonchev–Trinajstić information content (AvgIpc) is 3.27. The van der Waals surface area contributed by atoms with Crippen molar-refractivity contribution in [3.05, 3.63) is 70.4 Å². The van der Waals surface area contributed by atoms with Crippen LogP contribution in [0.5, 0.6) is 0 Å². The second kappa shape index (κ2) is 8.58. The summed E-state index contributed by atoms with van der Waals surface area (Å²) in [5.74, 6) is -0.885. The summed E-state index contributed by atoms with van der Waals surface area (Å²) in [5.41, 5.74) is 0.773. The first-order valence-corrected chi connectivity index (χ1v) is 9.89. The first-order valence-electron chi connectivity index (χ1n) is 9.89. The van der Waals surface area contributed by atoms with E-state index in [1.807, 2.05) is 0 Å². The van der Waals surface area contributed by atoms with Crippen LogP contribution in [0.3, 0.4) is 0 Å². The topological polar surface area (TPSA) is 93.8 Å². The molecule has 2 aromatic heterocycles. The molecule has 1 aliphatic heterocycles. The molecule has 0 saturated carbocycles. The number of halogens is 1. The van der Waals surface area contributed by atoms with Gasteiger partial charge in [0.05, 0.1) is 11.4 Å². The van der Waals surface area contributed by atoms with Crippen LogP contribution >= 0.6 is 0 Å². The molecular formula is C21H23FN6O2. The van der Waals surface area contributed by atoms with Gasteiger partial charge >= 0.3 is 0 Å². The number of aromatic nitrogens is 4. The summed E-state index contributed by atoms with van der Waals surface area (Å²) in [5, 5.41) is 13.3. The molecule has 3 heterocycles. The highest BCUT2D eigenvalue weighted by molar-refractivity contribution is 6.05. The van der Waals surface area contributed by atoms with Crippen molar-refractivity contribution >= 4 is 11.6 Å². The van der Waals surface area contributed by atoms with Crippen molar-refractivity contribution < 1.29 is 9.18 Å². The number of benzene rings is 1. The maximum absolute atomic E-state index is 14.3. The van der Waals surface area contributed by atoms with Gasteiger partial charge in [0, 0.05) is 12.7 Å². The molecule has 1 aromatic carbocycles. The molecule has 1 fully saturated rings. The van der Waals surface area contributed by atoms with Crippen molar-refractivity contribution in [3.8, 4) is 5.69 Å². The lowest BCUT2D eigenvalue weighted by Gasteiger charge is -2.23. The number of pyridine rings is 1. The Balaban J connectivity index is 1.60. The predicted octanol–water partition coefficient (Wildman–Crippen LogP) is 2.13. The predicted molar refractivity (Wildman–Crippen MR) is 110 cm³/mol. The molecule has 1 saturated heterocycles. The van der Waals surface area contributed by atoms with Crippen LogP contribution in [0.15, 0.2) is 47.9 Å². The summed E-state index contributed by atoms with van der Waals surface area (Å²) in [6.45, 7) is 4.09. The van der Waals surface area contributed by atoms with E-state index in [2.05, 4.69) is 20.8 Å². The van der Waals surface area contributed by atoms with E-state index < -0.39 is 11.7 Å². The van der Waals surface area contributed by atoms with Gasteiger partial charge < -0.3 is 15.2 Å². The van der Waals surface area contributed by atoms with E-state index in [1.165, 1.54) is 24.8 Å². The molecule has 9 heteroatoms. The fraction of sp³-hybridized carbons (Fsp3) is 0.333. The number of rotatable bonds is 5. The average molecular weight is 410 g/mol. The fourth-order valence-electron chi connectivity index (χ4n) is 3.73. The maximum atomic E-state index is 14.3. The molecule has 4 rings (SSSR count). The second-order valence-corrected chi connectivity index (χ2v) is 7.53. The van der Waals surface area contributed by atoms with E-state index in [1.54, 1.807) is 34.4 Å². The van der Waals surface area contributed by atoms with Crippen molar-refractivity contribution in [1.29, 1.82) is 0 Å². The lowest BCUT2D eigenvalue weighted by Crippen LogP contribution is -2.36. The van der Waals surface area contributed by atoms with Crippen LogP contribution in [0.1, 0.15) is 28.8 Å². The highest BCUT2D eigenvalue weighted by Gasteiger charge is 2.20. The van der Waals surface area contributed by atoms with Crippen LogP contribution in [0.2, 0.25) is 0 Å². The summed E-state index contributed by atoms with van der Waals surface area (Å²) in [4.78, 5) is 25.9. The molecule has 1 aliphatic rings. The highest BCUT2D eigenvalue weighted by atomic mass is 19.1. The summed E-state index contributed by atoms with van der Waals surface area (Å²) in [6, 6.07) is 6.02. The van der Waals surface area contributed by atoms with Crippen LogP contribution in [0.4, 0.5) is 10.1 Å². The number of nitrogens with one attached hydrogen (secondary N) is 2. The molecule has 1 unspecified atom stereocenters. The number of carbonyl (C=O) groups excluding carboxylic acids is 1. The zero-order chi connectivity index (χ0) is 21.1. The quantitative estimate of drug-likeness (QED) is 0.672. The maximum Gasteiger partial charge on any atom is 0.263 e. The van der Waals surface area contributed by atoms with Gasteiger partial charge in [0.2, 0.25) is 0 Å². The van der Waals surface area contributed by atoms with Crippen molar-refractivity contribution in [2.24, 2.45) is 5.92 Å². The van der Waals surface area contributed by atoms with E-state index in [9.17, 15) is 14.0 Å². The van der Waals surface area contributed by atoms with Crippen molar-refractivity contribution in [3.63, 3.8) is 0 Å². The Morgan fingerprint density at radius 2 is 2.10 bits per heavy atom. The third-order valence-corrected chi connectivity index (χ3v) is 5.37. The van der Waals surface area contributed by atoms with Gasteiger partial charge in [-0.1, -0.05) is 0 Å². The lowest BCUT2D eigenvalue weighted by atomic mass is 9.99. The van der Waals surface area contributed by atoms with Gasteiger partial charge in [-0.2, -0.15) is 0 Å². The summed E-state index contributed by atoms with van der Waals surface area (Å²) >= 11 is 0. The molecule has 3 aromatic rings. The molecule has 30 heavy (non-hydrogen) atoms. The Morgan fingerprint density at radius 3 is 2.83 bits per heavy atom. The Morgan fingerprint density at radius 1 is 1.30 bits per heavy atom. The standard InChI is InChI=1S/C21H23FN6O2/c1-14-6-8-27(11-15-3-2-7-23-10-15)21(30)19(14)20(29)26-18-9-16(4-5-17(18)22)28-12-24-25-13-28/h4-6,8-9,12-13,15,23H,2-3,7,10-11H2,1H3,(H,26,29). The van der Waals surface area contributed by atoms with E-state index in [0.29, 0.717) is 23.7 Å². The smallest absolute Gasteiger partial charge is 0.263 e. The Hall–Kier alpha value is -3.33. The molecule has 0 aliphatic carbocycles. The number of piperidine rings is 1. The van der Waals surface area contributed by atoms with Crippen LogP contribution in [0, 0.1) is 18.7 Å². The molecular weight excluding hydrogens is 387 g/mol. The lowest BCUT2D eigenvalue weighted by molar-refractivity contribution is 0.102. The normalized spacial score (nSPS) is 16.4. The Bertz CT molecular complexity index is 1100. The monoisotopic (exact) mass is 410 g/mol. The molecule has 8 nitrogen and oxygen atoms in total. The van der Waals surface area contributed by atoms with Crippen molar-refractivity contribution in [2.75, 3.05) is 18.4 Å². The van der Waals surface area contributed by atoms with E-state index in [0.717, 1.165) is 25.9 Å². The molecule has 0 spiro atoms. The van der Waals surface area contributed by atoms with Gasteiger partial charge in [-0.25, -0.2) is 4.39 Å². The molecule has 2 N–H and O–H groups in total. The third-order valence-electron chi connectivity index (χ3n) is 5.37. The second-order valence-electron chi connectivity index (χ2n) is 7.53. The Labute approximate surface area is 172 Å². The van der Waals surface area contributed by atoms with Crippen molar-refractivity contribution in [1.82, 2.24) is 24.6 Å². The summed E-state index contributed by atoms with van der Waals surface area (Å²) in [7, 11) is 0. The van der Waals surface area contributed by atoms with Gasteiger partial charge in [0.25, 0.3) is 11.5 Å². The molecule has 1 amide bonds. The minimum atomic E-state index is -0.631. The Kier molecular flexibility index (Phi) is 5.71. The molecule has 0 bridgehead atoms. The number of hydrogen-bond acceptors (Lipinski definition) is 5. The van der Waals surface area contributed by atoms with Gasteiger partial charge in [-0.15, -0.1) is 10.2 Å². The van der Waals surface area contributed by atoms with Crippen LogP contribution < -0.4 is 16.2 Å². The van der Waals surface area contributed by atoms with Crippen molar-refractivity contribution in [2.45, 2.75) is 26.3 Å². The SMILES string of the molecule is Cc1ccn(CC2CCCNC2)c(=O)c1C(=O)Nc1cc(-n2cnnc2)ccc1F. The van der Waals surface area contributed by atoms with Gasteiger partial charge in [-0.05, 0) is 68.6 Å². The minimum absolute atomic E-state index is 0.0168. The summed E-state index contributed by atoms with van der Waals surface area (Å²) in [6.07, 6.45) is 6.77. The van der Waals surface area contributed by atoms with E-state index >= 15 is 0 Å². The van der Waals surface area contributed by atoms with Gasteiger partial charge in [0.1, 0.15) is 24.0 Å². The first kappa shape index (κ1) is 20.0. The number of nitrogens with zero attached hydrogens (tertiary/aromatic N) is 4. The fourth-order valence-corrected chi connectivity index (χ4v) is 3.73. The van der Waals surface area contributed by atoms with Crippen LogP contribution in [-0.2, 0) is 6.54 Å². The zero-order valence-corrected chi connectivity index (χ0v) is 16.6. The van der Waals surface area contributed by atoms with E-state index in [4.69, 9.17) is 0 Å². The molecule has 1 atom stereocenters. The van der Waals surface area contributed by atoms with E-state index in [-0.39, 0.29) is 16.8 Å². The number of anilines is 1. The number of carbonyl (C=O) groups is 1. The van der Waals surface area contributed by atoms with Crippen LogP contribution in [-0.4, -0.2) is 38.3 Å². The van der Waals surface area contributed by atoms with Crippen LogP contribution in [0.25, 0.3) is 5.69 Å². The number of hydrogen-bond donors (Lipinski definition) is 2. The minimum Gasteiger partial charge on any atom is -0.319 e. The summed E-state index contributed by atoms with van der Waals surface area (Å²) < 4.78 is 17.5. The number of aryl methyl sites for hydroxylation is 1. The van der Waals surface area contributed by atoms with Gasteiger partial charge in [0.15, 0.2) is 0 Å². The molecule has 156 valence electrons. The largest absolute Gasteiger partial charge is 0.319 e.